The minimum atomic E-state index is -0.285. The molecule has 1 aromatic heterocycles. The van der Waals surface area contributed by atoms with Crippen molar-refractivity contribution in [3.63, 3.8) is 0 Å². The summed E-state index contributed by atoms with van der Waals surface area (Å²) in [6.45, 7) is 7.35. The summed E-state index contributed by atoms with van der Waals surface area (Å²) < 4.78 is 15.0. The number of rotatable bonds is 7. The quantitative estimate of drug-likeness (QED) is 0.421. The standard InChI is InChI=1S/C28H34FN7O/c1-18-6-4-7-19(2)25(18)33-27(37)22-17-30-28(34-26(22)31-20-8-5-9-20)32-21-10-11-24(23(29)16-21)36-14-12-35(3)13-15-36/h4,6-7,10-11,16-17,20H,5,8-9,12-15H2,1-3H3,(H,33,37)(H2,30,31,32,34). The Morgan fingerprint density at radius 1 is 1.05 bits per heavy atom. The third kappa shape index (κ3) is 5.67. The van der Waals surface area contributed by atoms with Crippen LogP contribution in [0.1, 0.15) is 40.7 Å². The van der Waals surface area contributed by atoms with Crippen molar-refractivity contribution in [2.75, 3.05) is 54.1 Å². The number of carbonyl (C=O) groups excluding carboxylic acids is 1. The Hall–Kier alpha value is -3.72. The summed E-state index contributed by atoms with van der Waals surface area (Å²) in [4.78, 5) is 26.5. The summed E-state index contributed by atoms with van der Waals surface area (Å²) >= 11 is 0. The molecule has 2 heterocycles. The second-order valence-corrected chi connectivity index (χ2v) is 10.0. The SMILES string of the molecule is Cc1cccc(C)c1NC(=O)c1cnc(Nc2ccc(N3CCN(C)CC3)c(F)c2)nc1NC1CCC1. The fourth-order valence-corrected chi connectivity index (χ4v) is 4.67. The van der Waals surface area contributed by atoms with Crippen molar-refractivity contribution in [2.45, 2.75) is 39.2 Å². The monoisotopic (exact) mass is 503 g/mol. The van der Waals surface area contributed by atoms with Crippen LogP contribution < -0.4 is 20.9 Å². The summed E-state index contributed by atoms with van der Waals surface area (Å²) in [5, 5.41) is 9.53. The van der Waals surface area contributed by atoms with Crippen molar-refractivity contribution in [2.24, 2.45) is 0 Å². The van der Waals surface area contributed by atoms with E-state index in [4.69, 9.17) is 0 Å². The van der Waals surface area contributed by atoms with Crippen molar-refractivity contribution in [3.8, 4) is 0 Å². The number of nitrogens with one attached hydrogen (secondary N) is 3. The second-order valence-electron chi connectivity index (χ2n) is 10.0. The topological polar surface area (TPSA) is 85.4 Å². The first-order valence-electron chi connectivity index (χ1n) is 12.9. The first-order chi connectivity index (χ1) is 17.9. The van der Waals surface area contributed by atoms with E-state index in [1.165, 1.54) is 12.3 Å². The molecule has 8 nitrogen and oxygen atoms in total. The van der Waals surface area contributed by atoms with Crippen molar-refractivity contribution < 1.29 is 9.18 Å². The third-order valence-corrected chi connectivity index (χ3v) is 7.25. The second kappa shape index (κ2) is 10.7. The lowest BCUT2D eigenvalue weighted by molar-refractivity contribution is 0.102. The van der Waals surface area contributed by atoms with Crippen LogP contribution in [0.2, 0.25) is 0 Å². The number of benzene rings is 2. The van der Waals surface area contributed by atoms with Crippen LogP contribution in [0.4, 0.5) is 33.2 Å². The number of aryl methyl sites for hydroxylation is 2. The zero-order valence-electron chi connectivity index (χ0n) is 21.6. The maximum atomic E-state index is 15.0. The molecule has 0 atom stereocenters. The molecule has 5 rings (SSSR count). The van der Waals surface area contributed by atoms with E-state index in [1.807, 2.05) is 38.1 Å². The minimum absolute atomic E-state index is 0.270. The van der Waals surface area contributed by atoms with Gasteiger partial charge in [-0.15, -0.1) is 0 Å². The fourth-order valence-electron chi connectivity index (χ4n) is 4.67. The fraction of sp³-hybridized carbons (Fsp3) is 0.393. The summed E-state index contributed by atoms with van der Waals surface area (Å²) in [6.07, 6.45) is 4.73. The number of anilines is 5. The van der Waals surface area contributed by atoms with E-state index < -0.39 is 0 Å². The summed E-state index contributed by atoms with van der Waals surface area (Å²) in [6, 6.07) is 11.3. The van der Waals surface area contributed by atoms with Crippen LogP contribution in [0.15, 0.2) is 42.6 Å². The molecule has 0 unspecified atom stereocenters. The Morgan fingerprint density at radius 3 is 2.43 bits per heavy atom. The minimum Gasteiger partial charge on any atom is -0.367 e. The molecule has 9 heteroatoms. The maximum absolute atomic E-state index is 15.0. The first kappa shape index (κ1) is 25.0. The predicted octanol–water partition coefficient (Wildman–Crippen LogP) is 4.94. The van der Waals surface area contributed by atoms with Crippen molar-refractivity contribution in [1.29, 1.82) is 0 Å². The number of piperazine rings is 1. The molecule has 1 saturated heterocycles. The van der Waals surface area contributed by atoms with Gasteiger partial charge in [0.05, 0.1) is 5.69 Å². The molecule has 0 bridgehead atoms. The Kier molecular flexibility index (Phi) is 7.23. The highest BCUT2D eigenvalue weighted by molar-refractivity contribution is 6.08. The summed E-state index contributed by atoms with van der Waals surface area (Å²) in [5.41, 5.74) is 4.30. The van der Waals surface area contributed by atoms with Crippen LogP contribution in [0.3, 0.4) is 0 Å². The number of amides is 1. The van der Waals surface area contributed by atoms with Gasteiger partial charge in [0.15, 0.2) is 0 Å². The third-order valence-electron chi connectivity index (χ3n) is 7.25. The van der Waals surface area contributed by atoms with E-state index in [1.54, 1.807) is 6.07 Å². The molecule has 2 fully saturated rings. The molecule has 3 N–H and O–H groups in total. The zero-order chi connectivity index (χ0) is 25.9. The van der Waals surface area contributed by atoms with Gasteiger partial charge in [0.25, 0.3) is 5.91 Å². The average molecular weight is 504 g/mol. The average Bonchev–Trinajstić information content (AvgIpc) is 2.85. The van der Waals surface area contributed by atoms with Crippen LogP contribution in [0, 0.1) is 19.7 Å². The van der Waals surface area contributed by atoms with E-state index in [9.17, 15) is 9.18 Å². The van der Waals surface area contributed by atoms with E-state index in [-0.39, 0.29) is 17.8 Å². The predicted molar refractivity (Wildman–Crippen MR) is 147 cm³/mol. The number of para-hydroxylation sites is 1. The lowest BCUT2D eigenvalue weighted by Crippen LogP contribution is -2.44. The van der Waals surface area contributed by atoms with E-state index in [0.29, 0.717) is 28.7 Å². The Labute approximate surface area is 217 Å². The van der Waals surface area contributed by atoms with Crippen molar-refractivity contribution in [3.05, 3.63) is 65.1 Å². The largest absolute Gasteiger partial charge is 0.367 e. The number of carbonyl (C=O) groups is 1. The molecular formula is C28H34FN7O. The lowest BCUT2D eigenvalue weighted by atomic mass is 9.93. The zero-order valence-corrected chi connectivity index (χ0v) is 21.6. The number of nitrogens with zero attached hydrogens (tertiary/aromatic N) is 4. The van der Waals surface area contributed by atoms with Crippen LogP contribution in [-0.4, -0.2) is 60.0 Å². The number of likely N-dealkylation sites (N-methyl/N-ethyl adjacent to an activating group) is 1. The number of aromatic nitrogens is 2. The molecule has 2 aliphatic rings. The first-order valence-corrected chi connectivity index (χ1v) is 12.9. The molecule has 37 heavy (non-hydrogen) atoms. The highest BCUT2D eigenvalue weighted by Gasteiger charge is 2.23. The number of halogens is 1. The maximum Gasteiger partial charge on any atom is 0.261 e. The van der Waals surface area contributed by atoms with Crippen LogP contribution in [0.25, 0.3) is 0 Å². The normalized spacial score (nSPS) is 16.3. The molecule has 0 radical (unpaired) electrons. The smallest absolute Gasteiger partial charge is 0.261 e. The molecule has 1 amide bonds. The summed E-state index contributed by atoms with van der Waals surface area (Å²) in [7, 11) is 2.08. The number of hydrogen-bond donors (Lipinski definition) is 3. The molecule has 2 aromatic carbocycles. The van der Waals surface area contributed by atoms with Gasteiger partial charge in [-0.25, -0.2) is 9.37 Å². The molecule has 3 aromatic rings. The highest BCUT2D eigenvalue weighted by atomic mass is 19.1. The molecule has 194 valence electrons. The van der Waals surface area contributed by atoms with Gasteiger partial charge in [0.1, 0.15) is 17.2 Å². The van der Waals surface area contributed by atoms with Crippen molar-refractivity contribution >= 4 is 34.7 Å². The molecule has 1 aliphatic heterocycles. The van der Waals surface area contributed by atoms with Gasteiger partial charge in [0, 0.05) is 49.8 Å². The Bertz CT molecular complexity index is 1270. The number of hydrogen-bond acceptors (Lipinski definition) is 7. The van der Waals surface area contributed by atoms with Gasteiger partial charge in [-0.2, -0.15) is 4.98 Å². The van der Waals surface area contributed by atoms with Crippen LogP contribution >= 0.6 is 0 Å². The van der Waals surface area contributed by atoms with Gasteiger partial charge in [-0.05, 0) is 69.5 Å². The Balaban J connectivity index is 1.35. The van der Waals surface area contributed by atoms with Crippen molar-refractivity contribution in [1.82, 2.24) is 14.9 Å². The molecule has 1 aliphatic carbocycles. The van der Waals surface area contributed by atoms with Gasteiger partial charge in [-0.3, -0.25) is 4.79 Å². The molecular weight excluding hydrogens is 469 g/mol. The summed E-state index contributed by atoms with van der Waals surface area (Å²) in [5.74, 6) is 0.220. The Morgan fingerprint density at radius 2 is 1.78 bits per heavy atom. The highest BCUT2D eigenvalue weighted by Crippen LogP contribution is 2.28. The van der Waals surface area contributed by atoms with Crippen LogP contribution in [-0.2, 0) is 0 Å². The lowest BCUT2D eigenvalue weighted by Gasteiger charge is -2.34. The van der Waals surface area contributed by atoms with E-state index >= 15 is 0 Å². The van der Waals surface area contributed by atoms with Gasteiger partial charge in [-0.1, -0.05) is 18.2 Å². The van der Waals surface area contributed by atoms with Gasteiger partial charge < -0.3 is 25.8 Å². The van der Waals surface area contributed by atoms with E-state index in [2.05, 4.69) is 42.8 Å². The van der Waals surface area contributed by atoms with Crippen LogP contribution in [0.5, 0.6) is 0 Å². The molecule has 0 spiro atoms. The van der Waals surface area contributed by atoms with Gasteiger partial charge in [0.2, 0.25) is 5.95 Å². The van der Waals surface area contributed by atoms with Gasteiger partial charge >= 0.3 is 0 Å². The molecule has 1 saturated carbocycles. The van der Waals surface area contributed by atoms with E-state index in [0.717, 1.165) is 62.3 Å².